The highest BCUT2D eigenvalue weighted by Crippen LogP contribution is 2.31. The SMILES string of the molecule is O=C(NCC(O)C(F)(F)F)C1CCCN1c1nc(-c2c[nH]c3ncc(Cl)cc23)ncc1F. The molecule has 0 radical (unpaired) electrons. The molecule has 1 fully saturated rings. The molecular weight excluding hydrogens is 456 g/mol. The van der Waals surface area contributed by atoms with Gasteiger partial charge in [0.15, 0.2) is 23.6 Å². The number of alkyl halides is 3. The molecule has 3 aromatic heterocycles. The monoisotopic (exact) mass is 472 g/mol. The fourth-order valence-electron chi connectivity index (χ4n) is 3.58. The van der Waals surface area contributed by atoms with Gasteiger partial charge in [-0.05, 0) is 18.9 Å². The van der Waals surface area contributed by atoms with Crippen molar-refractivity contribution < 1.29 is 27.5 Å². The molecule has 0 spiro atoms. The Bertz CT molecular complexity index is 1150. The van der Waals surface area contributed by atoms with Crippen LogP contribution in [0.15, 0.2) is 24.7 Å². The van der Waals surface area contributed by atoms with E-state index in [4.69, 9.17) is 16.7 Å². The number of carbonyl (C=O) groups is 1. The van der Waals surface area contributed by atoms with Gasteiger partial charge in [-0.1, -0.05) is 11.6 Å². The van der Waals surface area contributed by atoms with E-state index in [0.717, 1.165) is 6.20 Å². The number of amides is 1. The second-order valence-corrected chi connectivity index (χ2v) is 7.71. The van der Waals surface area contributed by atoms with Crippen LogP contribution in [0.4, 0.5) is 23.4 Å². The number of aliphatic hydroxyl groups is 1. The molecular formula is C19H17ClF4N6O2. The summed E-state index contributed by atoms with van der Waals surface area (Å²) >= 11 is 6.01. The predicted octanol–water partition coefficient (Wildman–Crippen LogP) is 2.82. The number of carbonyl (C=O) groups excluding carboxylic acids is 1. The molecule has 0 aliphatic carbocycles. The minimum absolute atomic E-state index is 0.145. The number of hydrogen-bond donors (Lipinski definition) is 3. The Kier molecular flexibility index (Phi) is 5.91. The lowest BCUT2D eigenvalue weighted by atomic mass is 10.2. The lowest BCUT2D eigenvalue weighted by Crippen LogP contribution is -2.48. The van der Waals surface area contributed by atoms with Crippen molar-refractivity contribution in [3.63, 3.8) is 0 Å². The van der Waals surface area contributed by atoms with E-state index >= 15 is 0 Å². The Morgan fingerprint density at radius 1 is 1.38 bits per heavy atom. The highest BCUT2D eigenvalue weighted by molar-refractivity contribution is 6.31. The molecule has 2 atom stereocenters. The Morgan fingerprint density at radius 3 is 2.91 bits per heavy atom. The van der Waals surface area contributed by atoms with E-state index in [-0.39, 0.29) is 18.2 Å². The highest BCUT2D eigenvalue weighted by Gasteiger charge is 2.39. The van der Waals surface area contributed by atoms with E-state index in [2.05, 4.69) is 25.3 Å². The summed E-state index contributed by atoms with van der Waals surface area (Å²) in [6.07, 6.45) is -2.72. The number of H-pyrrole nitrogens is 1. The zero-order valence-corrected chi connectivity index (χ0v) is 17.1. The number of hydrogen-bond acceptors (Lipinski definition) is 6. The molecule has 3 aromatic rings. The smallest absolute Gasteiger partial charge is 0.382 e. The predicted molar refractivity (Wildman–Crippen MR) is 108 cm³/mol. The van der Waals surface area contributed by atoms with Crippen molar-refractivity contribution >= 4 is 34.4 Å². The molecule has 1 aliphatic heterocycles. The summed E-state index contributed by atoms with van der Waals surface area (Å²) < 4.78 is 52.1. The van der Waals surface area contributed by atoms with Crippen molar-refractivity contribution in [1.82, 2.24) is 25.3 Å². The summed E-state index contributed by atoms with van der Waals surface area (Å²) in [6.45, 7) is -0.720. The summed E-state index contributed by atoms with van der Waals surface area (Å²) in [6, 6.07) is 0.715. The van der Waals surface area contributed by atoms with Gasteiger partial charge in [0.1, 0.15) is 11.7 Å². The second kappa shape index (κ2) is 8.51. The number of rotatable bonds is 5. The number of fused-ring (bicyclic) bond motifs is 1. The Morgan fingerprint density at radius 2 is 2.16 bits per heavy atom. The molecule has 13 heteroatoms. The van der Waals surface area contributed by atoms with Crippen LogP contribution in [0.3, 0.4) is 0 Å². The molecule has 8 nitrogen and oxygen atoms in total. The first-order valence-corrected chi connectivity index (χ1v) is 9.97. The van der Waals surface area contributed by atoms with Gasteiger partial charge in [0, 0.05) is 29.9 Å². The van der Waals surface area contributed by atoms with Crippen molar-refractivity contribution in [1.29, 1.82) is 0 Å². The quantitative estimate of drug-likeness (QED) is 0.493. The molecule has 0 saturated carbocycles. The maximum absolute atomic E-state index is 14.6. The summed E-state index contributed by atoms with van der Waals surface area (Å²) in [5, 5.41) is 12.2. The lowest BCUT2D eigenvalue weighted by Gasteiger charge is -2.26. The van der Waals surface area contributed by atoms with Crippen LogP contribution >= 0.6 is 11.6 Å². The Hall–Kier alpha value is -2.99. The van der Waals surface area contributed by atoms with Crippen molar-refractivity contribution in [2.75, 3.05) is 18.0 Å². The van der Waals surface area contributed by atoms with Crippen LogP contribution in [0.2, 0.25) is 5.02 Å². The van der Waals surface area contributed by atoms with E-state index in [1.54, 1.807) is 12.3 Å². The van der Waals surface area contributed by atoms with Crippen molar-refractivity contribution in [2.45, 2.75) is 31.2 Å². The summed E-state index contributed by atoms with van der Waals surface area (Å²) in [5.74, 6) is -1.52. The van der Waals surface area contributed by atoms with Gasteiger partial charge < -0.3 is 20.3 Å². The number of aromatic amines is 1. The summed E-state index contributed by atoms with van der Waals surface area (Å²) in [4.78, 5) is 29.3. The van der Waals surface area contributed by atoms with Crippen LogP contribution < -0.4 is 10.2 Å². The zero-order valence-electron chi connectivity index (χ0n) is 16.3. The molecule has 0 aromatic carbocycles. The minimum Gasteiger partial charge on any atom is -0.382 e. The van der Waals surface area contributed by atoms with Gasteiger partial charge in [-0.3, -0.25) is 4.79 Å². The standard InChI is InChI=1S/C19H17ClF4N6O2/c20-9-4-10-11(6-26-15(10)25-5-9)16-27-7-12(21)17(29-16)30-3-1-2-13(30)18(32)28-8-14(31)19(22,23)24/h4-7,13-14,31H,1-3,8H2,(H,25,26)(H,28,32). The third kappa shape index (κ3) is 4.32. The normalized spacial score (nSPS) is 17.7. The zero-order chi connectivity index (χ0) is 23.0. The number of halogens is 5. The van der Waals surface area contributed by atoms with Crippen LogP contribution in [0.25, 0.3) is 22.4 Å². The fourth-order valence-corrected chi connectivity index (χ4v) is 3.73. The van der Waals surface area contributed by atoms with Crippen molar-refractivity contribution in [3.05, 3.63) is 35.5 Å². The van der Waals surface area contributed by atoms with Crippen LogP contribution in [-0.4, -0.2) is 62.4 Å². The molecule has 32 heavy (non-hydrogen) atoms. The molecule has 170 valence electrons. The van der Waals surface area contributed by atoms with Crippen LogP contribution in [0.5, 0.6) is 0 Å². The Labute approximate surface area is 183 Å². The first-order chi connectivity index (χ1) is 15.1. The summed E-state index contributed by atoms with van der Waals surface area (Å²) in [7, 11) is 0. The Balaban J connectivity index is 1.60. The molecule has 4 rings (SSSR count). The van der Waals surface area contributed by atoms with Gasteiger partial charge in [0.2, 0.25) is 5.91 Å². The van der Waals surface area contributed by atoms with Crippen LogP contribution in [0.1, 0.15) is 12.8 Å². The van der Waals surface area contributed by atoms with Gasteiger partial charge in [0.25, 0.3) is 0 Å². The van der Waals surface area contributed by atoms with Gasteiger partial charge in [0.05, 0.1) is 17.8 Å². The van der Waals surface area contributed by atoms with Gasteiger partial charge in [-0.15, -0.1) is 0 Å². The maximum Gasteiger partial charge on any atom is 0.416 e. The fraction of sp³-hybridized carbons (Fsp3) is 0.368. The molecule has 4 heterocycles. The van der Waals surface area contributed by atoms with Gasteiger partial charge in [-0.2, -0.15) is 13.2 Å². The number of anilines is 1. The molecule has 1 aliphatic rings. The third-order valence-electron chi connectivity index (χ3n) is 5.14. The summed E-state index contributed by atoms with van der Waals surface area (Å²) in [5.41, 5.74) is 1.05. The van der Waals surface area contributed by atoms with Gasteiger partial charge >= 0.3 is 6.18 Å². The minimum atomic E-state index is -4.85. The number of aliphatic hydroxyl groups excluding tert-OH is 1. The molecule has 0 bridgehead atoms. The van der Waals surface area contributed by atoms with E-state index in [1.165, 1.54) is 11.1 Å². The van der Waals surface area contributed by atoms with Crippen molar-refractivity contribution in [2.24, 2.45) is 0 Å². The molecule has 2 unspecified atom stereocenters. The first-order valence-electron chi connectivity index (χ1n) is 9.60. The largest absolute Gasteiger partial charge is 0.416 e. The number of pyridine rings is 1. The second-order valence-electron chi connectivity index (χ2n) is 7.27. The molecule has 1 saturated heterocycles. The van der Waals surface area contributed by atoms with E-state index in [9.17, 15) is 22.4 Å². The number of nitrogens with zero attached hydrogens (tertiary/aromatic N) is 4. The molecule has 1 amide bonds. The lowest BCUT2D eigenvalue weighted by molar-refractivity contribution is -0.201. The maximum atomic E-state index is 14.6. The molecule has 3 N–H and O–H groups in total. The van der Waals surface area contributed by atoms with Gasteiger partial charge in [-0.25, -0.2) is 19.3 Å². The topological polar surface area (TPSA) is 107 Å². The van der Waals surface area contributed by atoms with Crippen LogP contribution in [0, 0.1) is 5.82 Å². The van der Waals surface area contributed by atoms with Crippen molar-refractivity contribution in [3.8, 4) is 11.4 Å². The van der Waals surface area contributed by atoms with E-state index in [1.807, 2.05) is 0 Å². The highest BCUT2D eigenvalue weighted by atomic mass is 35.5. The first kappa shape index (κ1) is 22.2. The average Bonchev–Trinajstić information content (AvgIpc) is 3.38. The average molecular weight is 473 g/mol. The van der Waals surface area contributed by atoms with E-state index in [0.29, 0.717) is 34.5 Å². The van der Waals surface area contributed by atoms with Crippen LogP contribution in [-0.2, 0) is 4.79 Å². The third-order valence-corrected chi connectivity index (χ3v) is 5.35. The number of nitrogens with one attached hydrogen (secondary N) is 2. The van der Waals surface area contributed by atoms with E-state index < -0.39 is 36.6 Å². The number of aromatic nitrogens is 4.